The molecule has 3 aliphatic heterocycles. The largest absolute Gasteiger partial charge is 0.314 e. The fraction of sp³-hybridized carbons (Fsp3) is 1.00. The second-order valence-corrected chi connectivity index (χ2v) is 8.34. The first-order valence-corrected chi connectivity index (χ1v) is 9.77. The lowest BCUT2D eigenvalue weighted by Gasteiger charge is -2.33. The summed E-state index contributed by atoms with van der Waals surface area (Å²) in [6, 6.07) is 0.411. The molecule has 3 aliphatic rings. The van der Waals surface area contributed by atoms with Gasteiger partial charge in [-0.25, -0.2) is 0 Å². The Kier molecular flexibility index (Phi) is 6.91. The normalized spacial score (nSPS) is 29.9. The van der Waals surface area contributed by atoms with Crippen LogP contribution in [0.2, 0.25) is 0 Å². The van der Waals surface area contributed by atoms with Crippen LogP contribution in [0.1, 0.15) is 32.1 Å². The van der Waals surface area contributed by atoms with Crippen molar-refractivity contribution in [1.29, 1.82) is 0 Å². The van der Waals surface area contributed by atoms with Gasteiger partial charge in [-0.05, 0) is 19.3 Å². The number of hydrogen-bond donors (Lipinski definition) is 1. The van der Waals surface area contributed by atoms with E-state index in [1.807, 2.05) is 0 Å². The van der Waals surface area contributed by atoms with E-state index >= 15 is 0 Å². The summed E-state index contributed by atoms with van der Waals surface area (Å²) < 4.78 is 29.0. The second-order valence-electron chi connectivity index (χ2n) is 6.41. The van der Waals surface area contributed by atoms with Gasteiger partial charge in [0.2, 0.25) is 0 Å². The van der Waals surface area contributed by atoms with Crippen LogP contribution in [0.3, 0.4) is 0 Å². The van der Waals surface area contributed by atoms with Crippen LogP contribution in [0.4, 0.5) is 0 Å². The van der Waals surface area contributed by atoms with E-state index in [0.29, 0.717) is 32.2 Å². The van der Waals surface area contributed by atoms with Gasteiger partial charge >= 0.3 is 0 Å². The fourth-order valence-electron chi connectivity index (χ4n) is 3.70. The summed E-state index contributed by atoms with van der Waals surface area (Å²) in [5, 5.41) is 3.36. The van der Waals surface area contributed by atoms with E-state index in [0.717, 1.165) is 58.3 Å². The Hall–Kier alpha value is 0.0800. The quantitative estimate of drug-likeness (QED) is 0.804. The van der Waals surface area contributed by atoms with Crippen molar-refractivity contribution in [3.63, 3.8) is 0 Å². The topological polar surface area (TPSA) is 55.9 Å². The first kappa shape index (κ1) is 18.4. The third-order valence-electron chi connectivity index (χ3n) is 5.01. The number of hydrogen-bond acceptors (Lipinski definition) is 4. The van der Waals surface area contributed by atoms with Crippen molar-refractivity contribution in [2.45, 2.75) is 38.1 Å². The van der Waals surface area contributed by atoms with Crippen molar-refractivity contribution in [1.82, 2.24) is 18.8 Å². The van der Waals surface area contributed by atoms with E-state index in [1.54, 1.807) is 8.61 Å². The minimum atomic E-state index is -3.23. The number of halogens is 1. The first-order valence-electron chi connectivity index (χ1n) is 8.38. The maximum atomic E-state index is 12.8. The van der Waals surface area contributed by atoms with Gasteiger partial charge in [-0.2, -0.15) is 17.0 Å². The van der Waals surface area contributed by atoms with E-state index in [9.17, 15) is 8.42 Å². The first-order chi connectivity index (χ1) is 10.2. The van der Waals surface area contributed by atoms with E-state index in [4.69, 9.17) is 0 Å². The molecule has 6 nitrogen and oxygen atoms in total. The van der Waals surface area contributed by atoms with Crippen molar-refractivity contribution in [3.05, 3.63) is 0 Å². The van der Waals surface area contributed by atoms with Crippen LogP contribution in [0.15, 0.2) is 0 Å². The minimum Gasteiger partial charge on any atom is -0.314 e. The highest BCUT2D eigenvalue weighted by Crippen LogP contribution is 2.23. The molecule has 0 saturated carbocycles. The zero-order chi connectivity index (χ0) is 14.7. The molecule has 1 N–H and O–H groups in total. The van der Waals surface area contributed by atoms with Gasteiger partial charge in [-0.15, -0.1) is 12.4 Å². The summed E-state index contributed by atoms with van der Waals surface area (Å²) in [6.07, 6.45) is 5.32. The third-order valence-corrected chi connectivity index (χ3v) is 7.01. The molecule has 1 atom stereocenters. The Bertz CT molecular complexity index is 434. The number of rotatable bonds is 3. The Balaban J connectivity index is 0.00000176. The predicted molar refractivity (Wildman–Crippen MR) is 90.6 cm³/mol. The average Bonchev–Trinajstić information content (AvgIpc) is 2.84. The Morgan fingerprint density at radius 1 is 0.818 bits per heavy atom. The summed E-state index contributed by atoms with van der Waals surface area (Å²) in [6.45, 7) is 6.91. The smallest absolute Gasteiger partial charge is 0.282 e. The fourth-order valence-corrected chi connectivity index (χ4v) is 5.44. The van der Waals surface area contributed by atoms with Crippen molar-refractivity contribution in [2.75, 3.05) is 52.4 Å². The van der Waals surface area contributed by atoms with Crippen LogP contribution >= 0.6 is 12.4 Å². The number of piperazine rings is 1. The standard InChI is InChI=1S/C14H28N4O2S.ClH/c19-21(20,17-8-3-1-2-4-9-17)18-10-5-14(13-18)16-11-6-15-7-12-16;/h14-15H,1-13H2;1H. The zero-order valence-corrected chi connectivity index (χ0v) is 14.9. The highest BCUT2D eigenvalue weighted by molar-refractivity contribution is 7.86. The second kappa shape index (κ2) is 8.26. The molecule has 0 amide bonds. The van der Waals surface area contributed by atoms with Gasteiger partial charge in [0.05, 0.1) is 0 Å². The molecule has 0 aromatic heterocycles. The Morgan fingerprint density at radius 2 is 1.45 bits per heavy atom. The van der Waals surface area contributed by atoms with Crippen molar-refractivity contribution in [2.24, 2.45) is 0 Å². The van der Waals surface area contributed by atoms with E-state index in [1.165, 1.54) is 0 Å². The molecule has 0 aliphatic carbocycles. The Labute approximate surface area is 140 Å². The molecule has 3 fully saturated rings. The minimum absolute atomic E-state index is 0. The molecule has 8 heteroatoms. The molecule has 3 rings (SSSR count). The van der Waals surface area contributed by atoms with Crippen LogP contribution < -0.4 is 5.32 Å². The van der Waals surface area contributed by atoms with E-state index in [-0.39, 0.29) is 12.4 Å². The van der Waals surface area contributed by atoms with Gasteiger partial charge in [-0.1, -0.05) is 12.8 Å². The predicted octanol–water partition coefficient (Wildman–Crippen LogP) is 0.509. The van der Waals surface area contributed by atoms with Gasteiger partial charge in [0, 0.05) is 58.4 Å². The van der Waals surface area contributed by atoms with Crippen LogP contribution in [0.5, 0.6) is 0 Å². The highest BCUT2D eigenvalue weighted by atomic mass is 35.5. The summed E-state index contributed by atoms with van der Waals surface area (Å²) in [7, 11) is -3.23. The maximum absolute atomic E-state index is 12.8. The Morgan fingerprint density at radius 3 is 2.09 bits per heavy atom. The summed E-state index contributed by atoms with van der Waals surface area (Å²) in [5.74, 6) is 0. The van der Waals surface area contributed by atoms with Crippen molar-refractivity contribution < 1.29 is 8.42 Å². The maximum Gasteiger partial charge on any atom is 0.282 e. The average molecular weight is 353 g/mol. The molecule has 130 valence electrons. The lowest BCUT2D eigenvalue weighted by atomic mass is 10.2. The van der Waals surface area contributed by atoms with E-state index < -0.39 is 10.2 Å². The van der Waals surface area contributed by atoms with Gasteiger partial charge in [0.15, 0.2) is 0 Å². The van der Waals surface area contributed by atoms with E-state index in [2.05, 4.69) is 10.2 Å². The molecule has 3 heterocycles. The molecule has 0 aromatic carbocycles. The molecular formula is C14H29ClN4O2S. The van der Waals surface area contributed by atoms with Crippen LogP contribution in [0.25, 0.3) is 0 Å². The lowest BCUT2D eigenvalue weighted by Crippen LogP contribution is -2.50. The molecular weight excluding hydrogens is 324 g/mol. The molecule has 3 saturated heterocycles. The molecule has 0 spiro atoms. The molecule has 22 heavy (non-hydrogen) atoms. The monoisotopic (exact) mass is 352 g/mol. The summed E-state index contributed by atoms with van der Waals surface area (Å²) >= 11 is 0. The molecule has 0 aromatic rings. The summed E-state index contributed by atoms with van der Waals surface area (Å²) in [5.41, 5.74) is 0. The number of nitrogens with zero attached hydrogens (tertiary/aromatic N) is 3. The van der Waals surface area contributed by atoms with Crippen LogP contribution in [-0.2, 0) is 10.2 Å². The van der Waals surface area contributed by atoms with Crippen LogP contribution in [-0.4, -0.2) is 80.3 Å². The number of nitrogens with one attached hydrogen (secondary N) is 1. The van der Waals surface area contributed by atoms with Gasteiger partial charge < -0.3 is 5.32 Å². The van der Waals surface area contributed by atoms with Crippen molar-refractivity contribution in [3.8, 4) is 0 Å². The lowest BCUT2D eigenvalue weighted by molar-refractivity contribution is 0.179. The summed E-state index contributed by atoms with van der Waals surface area (Å²) in [4.78, 5) is 2.45. The van der Waals surface area contributed by atoms with Gasteiger partial charge in [-0.3, -0.25) is 4.90 Å². The SMILES string of the molecule is Cl.O=S(=O)(N1CCCCCC1)N1CCC(N2CCNCC2)C1. The molecule has 0 radical (unpaired) electrons. The highest BCUT2D eigenvalue weighted by Gasteiger charge is 2.37. The molecule has 1 unspecified atom stereocenters. The third kappa shape index (κ3) is 4.13. The zero-order valence-electron chi connectivity index (χ0n) is 13.2. The molecule has 0 bridgehead atoms. The van der Waals surface area contributed by atoms with Crippen molar-refractivity contribution >= 4 is 22.6 Å². The van der Waals surface area contributed by atoms with Gasteiger partial charge in [0.25, 0.3) is 10.2 Å². The van der Waals surface area contributed by atoms with Crippen LogP contribution in [0, 0.1) is 0 Å². The van der Waals surface area contributed by atoms with Gasteiger partial charge in [0.1, 0.15) is 0 Å².